The molecule has 0 aromatic rings. The molecular formula is C9H16O2S. The van der Waals surface area contributed by atoms with Gasteiger partial charge in [0, 0.05) is 24.7 Å². The molecule has 0 saturated carbocycles. The van der Waals surface area contributed by atoms with Gasteiger partial charge in [-0.15, -0.1) is 0 Å². The predicted molar refractivity (Wildman–Crippen MR) is 50.4 cm³/mol. The highest BCUT2D eigenvalue weighted by atomic mass is 32.2. The van der Waals surface area contributed by atoms with Crippen molar-refractivity contribution in [3.8, 4) is 0 Å². The van der Waals surface area contributed by atoms with E-state index in [9.17, 15) is 5.11 Å². The van der Waals surface area contributed by atoms with Gasteiger partial charge in [0.1, 0.15) is 0 Å². The lowest BCUT2D eigenvalue weighted by atomic mass is 9.87. The average Bonchev–Trinajstić information content (AvgIpc) is 2.04. The van der Waals surface area contributed by atoms with Crippen LogP contribution in [0.1, 0.15) is 19.3 Å². The molecule has 0 unspecified atom stereocenters. The van der Waals surface area contributed by atoms with Crippen molar-refractivity contribution in [3.63, 3.8) is 0 Å². The van der Waals surface area contributed by atoms with Crippen LogP contribution in [-0.4, -0.2) is 35.4 Å². The molecule has 0 aliphatic carbocycles. The first-order valence-electron chi connectivity index (χ1n) is 4.66. The van der Waals surface area contributed by atoms with E-state index in [0.717, 1.165) is 44.0 Å². The fourth-order valence-electron chi connectivity index (χ4n) is 1.94. The molecule has 2 heterocycles. The lowest BCUT2D eigenvalue weighted by molar-refractivity contribution is 0.0103. The van der Waals surface area contributed by atoms with Crippen molar-refractivity contribution in [2.45, 2.75) is 24.9 Å². The summed E-state index contributed by atoms with van der Waals surface area (Å²) < 4.78 is 5.28. The molecule has 0 aromatic heterocycles. The number of hydrogen-bond donors (Lipinski definition) is 1. The van der Waals surface area contributed by atoms with Gasteiger partial charge in [-0.1, -0.05) is 0 Å². The van der Waals surface area contributed by atoms with Gasteiger partial charge in [0.2, 0.25) is 0 Å². The second kappa shape index (κ2) is 3.56. The maximum Gasteiger partial charge on any atom is 0.0830 e. The molecule has 2 aliphatic heterocycles. The summed E-state index contributed by atoms with van der Waals surface area (Å²) in [5, 5.41) is 9.90. The van der Waals surface area contributed by atoms with Gasteiger partial charge in [-0.3, -0.25) is 0 Å². The Hall–Kier alpha value is 0.270. The van der Waals surface area contributed by atoms with Crippen LogP contribution in [0.4, 0.5) is 0 Å². The summed E-state index contributed by atoms with van der Waals surface area (Å²) in [6, 6.07) is 0. The smallest absolute Gasteiger partial charge is 0.0830 e. The highest BCUT2D eigenvalue weighted by Crippen LogP contribution is 2.36. The Morgan fingerprint density at radius 3 is 2.50 bits per heavy atom. The lowest BCUT2D eigenvalue weighted by Gasteiger charge is -2.39. The third-order valence-corrected chi connectivity index (χ3v) is 4.23. The van der Waals surface area contributed by atoms with Crippen LogP contribution < -0.4 is 0 Å². The summed E-state index contributed by atoms with van der Waals surface area (Å²) in [6.07, 6.45) is 3.29. The van der Waals surface area contributed by atoms with E-state index in [-0.39, 0.29) is 5.60 Å². The number of ether oxygens (including phenoxy) is 1. The van der Waals surface area contributed by atoms with Gasteiger partial charge in [-0.25, -0.2) is 0 Å². The summed E-state index contributed by atoms with van der Waals surface area (Å²) in [5.41, 5.74) is -0.313. The zero-order valence-electron chi connectivity index (χ0n) is 7.29. The van der Waals surface area contributed by atoms with Crippen molar-refractivity contribution in [3.05, 3.63) is 0 Å². The highest BCUT2D eigenvalue weighted by Gasteiger charge is 2.37. The van der Waals surface area contributed by atoms with Gasteiger partial charge < -0.3 is 9.84 Å². The second-order valence-electron chi connectivity index (χ2n) is 3.98. The molecule has 2 aliphatic rings. The minimum Gasteiger partial charge on any atom is -0.388 e. The van der Waals surface area contributed by atoms with Gasteiger partial charge in [0.15, 0.2) is 0 Å². The number of rotatable bonds is 2. The van der Waals surface area contributed by atoms with E-state index in [1.807, 2.05) is 11.8 Å². The maximum atomic E-state index is 9.90. The monoisotopic (exact) mass is 188 g/mol. The van der Waals surface area contributed by atoms with E-state index < -0.39 is 0 Å². The number of aliphatic hydroxyl groups is 1. The molecule has 2 rings (SSSR count). The Kier molecular flexibility index (Phi) is 2.63. The number of hydrogen-bond acceptors (Lipinski definition) is 3. The first-order valence-corrected chi connectivity index (χ1v) is 5.82. The van der Waals surface area contributed by atoms with Crippen LogP contribution in [-0.2, 0) is 4.74 Å². The first kappa shape index (κ1) is 8.85. The number of thioether (sulfide) groups is 1. The molecule has 0 bridgehead atoms. The molecule has 0 radical (unpaired) electrons. The zero-order chi connectivity index (χ0) is 8.44. The average molecular weight is 188 g/mol. The van der Waals surface area contributed by atoms with Crippen LogP contribution in [0.5, 0.6) is 0 Å². The van der Waals surface area contributed by atoms with E-state index in [1.165, 1.54) is 0 Å². The summed E-state index contributed by atoms with van der Waals surface area (Å²) in [7, 11) is 0. The summed E-state index contributed by atoms with van der Waals surface area (Å²) in [6.45, 7) is 1.79. The minimum absolute atomic E-state index is 0.313. The van der Waals surface area contributed by atoms with Crippen molar-refractivity contribution in [1.29, 1.82) is 0 Å². The zero-order valence-corrected chi connectivity index (χ0v) is 8.11. The molecule has 12 heavy (non-hydrogen) atoms. The van der Waals surface area contributed by atoms with Gasteiger partial charge >= 0.3 is 0 Å². The van der Waals surface area contributed by atoms with Crippen LogP contribution in [0.25, 0.3) is 0 Å². The van der Waals surface area contributed by atoms with E-state index in [2.05, 4.69) is 0 Å². The van der Waals surface area contributed by atoms with E-state index >= 15 is 0 Å². The van der Waals surface area contributed by atoms with Crippen molar-refractivity contribution in [2.75, 3.05) is 24.7 Å². The Balaban J connectivity index is 1.77. The third kappa shape index (κ3) is 1.95. The standard InChI is InChI=1S/C9H16O2S/c10-9(6-12-7-9)5-8-1-3-11-4-2-8/h8,10H,1-7H2. The molecule has 0 atom stereocenters. The topological polar surface area (TPSA) is 29.5 Å². The molecular weight excluding hydrogens is 172 g/mol. The van der Waals surface area contributed by atoms with Crippen LogP contribution in [0, 0.1) is 5.92 Å². The molecule has 2 nitrogen and oxygen atoms in total. The van der Waals surface area contributed by atoms with Crippen LogP contribution >= 0.6 is 11.8 Å². The van der Waals surface area contributed by atoms with E-state index in [1.54, 1.807) is 0 Å². The highest BCUT2D eigenvalue weighted by molar-refractivity contribution is 8.00. The Morgan fingerprint density at radius 2 is 2.00 bits per heavy atom. The normalized spacial score (nSPS) is 29.8. The third-order valence-electron chi connectivity index (χ3n) is 2.75. The van der Waals surface area contributed by atoms with Crippen molar-refractivity contribution < 1.29 is 9.84 Å². The molecule has 0 spiro atoms. The predicted octanol–water partition coefficient (Wildman–Crippen LogP) is 1.28. The maximum absolute atomic E-state index is 9.90. The second-order valence-corrected chi connectivity index (χ2v) is 4.96. The Labute approximate surface area is 77.7 Å². The van der Waals surface area contributed by atoms with Crippen molar-refractivity contribution in [1.82, 2.24) is 0 Å². The van der Waals surface area contributed by atoms with Crippen molar-refractivity contribution in [2.24, 2.45) is 5.92 Å². The molecule has 70 valence electrons. The van der Waals surface area contributed by atoms with Crippen molar-refractivity contribution >= 4 is 11.8 Å². The fraction of sp³-hybridized carbons (Fsp3) is 1.00. The molecule has 2 saturated heterocycles. The van der Waals surface area contributed by atoms with E-state index in [0.29, 0.717) is 5.92 Å². The quantitative estimate of drug-likeness (QED) is 0.708. The van der Waals surface area contributed by atoms with Gasteiger partial charge in [-0.2, -0.15) is 11.8 Å². The molecule has 3 heteroatoms. The fourth-order valence-corrected chi connectivity index (χ4v) is 2.85. The minimum atomic E-state index is -0.313. The SMILES string of the molecule is OC1(CC2CCOCC2)CSC1. The summed E-state index contributed by atoms with van der Waals surface area (Å²) >= 11 is 1.85. The van der Waals surface area contributed by atoms with Gasteiger partial charge in [-0.05, 0) is 25.2 Å². The van der Waals surface area contributed by atoms with Crippen LogP contribution in [0.3, 0.4) is 0 Å². The summed E-state index contributed by atoms with van der Waals surface area (Å²) in [4.78, 5) is 0. The lowest BCUT2D eigenvalue weighted by Crippen LogP contribution is -2.45. The molecule has 1 N–H and O–H groups in total. The first-order chi connectivity index (χ1) is 5.79. The van der Waals surface area contributed by atoms with Crippen LogP contribution in [0.2, 0.25) is 0 Å². The van der Waals surface area contributed by atoms with Crippen LogP contribution in [0.15, 0.2) is 0 Å². The molecule has 2 fully saturated rings. The largest absolute Gasteiger partial charge is 0.388 e. The Bertz CT molecular complexity index is 151. The molecule has 0 amide bonds. The van der Waals surface area contributed by atoms with Gasteiger partial charge in [0.25, 0.3) is 0 Å². The summed E-state index contributed by atoms with van der Waals surface area (Å²) in [5.74, 6) is 2.61. The Morgan fingerprint density at radius 1 is 1.33 bits per heavy atom. The van der Waals surface area contributed by atoms with E-state index in [4.69, 9.17) is 4.74 Å². The van der Waals surface area contributed by atoms with Gasteiger partial charge in [0.05, 0.1) is 5.60 Å². The molecule has 0 aromatic carbocycles.